The van der Waals surface area contributed by atoms with E-state index in [2.05, 4.69) is 10.2 Å². The second-order valence-corrected chi connectivity index (χ2v) is 6.67. The highest BCUT2D eigenvalue weighted by molar-refractivity contribution is 6.06. The van der Waals surface area contributed by atoms with E-state index in [-0.39, 0.29) is 18.2 Å². The van der Waals surface area contributed by atoms with E-state index in [9.17, 15) is 14.4 Å². The van der Waals surface area contributed by atoms with Gasteiger partial charge in [0.15, 0.2) is 11.5 Å². The Labute approximate surface area is 151 Å². The number of nitrogens with zero attached hydrogens (tertiary/aromatic N) is 2. The number of imide groups is 1. The average Bonchev–Trinajstić information content (AvgIpc) is 2.68. The van der Waals surface area contributed by atoms with Crippen LogP contribution in [0.4, 0.5) is 16.2 Å². The van der Waals surface area contributed by atoms with Crippen LogP contribution >= 0.6 is 0 Å². The normalized spacial score (nSPS) is 20.8. The van der Waals surface area contributed by atoms with E-state index in [1.54, 1.807) is 0 Å². The molecule has 3 aliphatic heterocycles. The van der Waals surface area contributed by atoms with Gasteiger partial charge in [-0.05, 0) is 25.0 Å². The maximum Gasteiger partial charge on any atom is 0.328 e. The van der Waals surface area contributed by atoms with Crippen molar-refractivity contribution in [3.05, 3.63) is 12.1 Å². The SMILES string of the molecule is O=CC1CCN(c2ccc(N3CCC(=O)NC3=O)c3c2OCCO3)CC1. The molecule has 2 saturated heterocycles. The van der Waals surface area contributed by atoms with E-state index >= 15 is 0 Å². The number of benzene rings is 1. The first-order valence-electron chi connectivity index (χ1n) is 8.91. The molecule has 1 aromatic rings. The second-order valence-electron chi connectivity index (χ2n) is 6.67. The van der Waals surface area contributed by atoms with Gasteiger partial charge in [-0.15, -0.1) is 0 Å². The number of nitrogens with one attached hydrogen (secondary N) is 1. The van der Waals surface area contributed by atoms with Crippen LogP contribution in [0.3, 0.4) is 0 Å². The number of hydrogen-bond donors (Lipinski definition) is 1. The number of carbonyl (C=O) groups is 3. The predicted octanol–water partition coefficient (Wildman–Crippen LogP) is 1.32. The molecule has 0 saturated carbocycles. The monoisotopic (exact) mass is 359 g/mol. The number of urea groups is 1. The van der Waals surface area contributed by atoms with Crippen LogP contribution in [-0.2, 0) is 9.59 Å². The van der Waals surface area contributed by atoms with E-state index in [0.29, 0.717) is 36.9 Å². The maximum atomic E-state index is 12.2. The lowest BCUT2D eigenvalue weighted by atomic mass is 9.98. The molecule has 1 aromatic carbocycles. The molecule has 8 heteroatoms. The van der Waals surface area contributed by atoms with Crippen molar-refractivity contribution in [3.8, 4) is 11.5 Å². The van der Waals surface area contributed by atoms with E-state index in [1.165, 1.54) is 4.90 Å². The van der Waals surface area contributed by atoms with Crippen molar-refractivity contribution in [3.63, 3.8) is 0 Å². The molecule has 26 heavy (non-hydrogen) atoms. The fourth-order valence-corrected chi connectivity index (χ4v) is 3.64. The highest BCUT2D eigenvalue weighted by Gasteiger charge is 2.32. The molecule has 2 fully saturated rings. The number of amides is 3. The molecule has 138 valence electrons. The highest BCUT2D eigenvalue weighted by Crippen LogP contribution is 2.47. The second kappa shape index (κ2) is 6.86. The summed E-state index contributed by atoms with van der Waals surface area (Å²) in [4.78, 5) is 38.3. The Bertz CT molecular complexity index is 743. The van der Waals surface area contributed by atoms with Gasteiger partial charge in [0.1, 0.15) is 19.5 Å². The zero-order valence-electron chi connectivity index (χ0n) is 14.4. The Morgan fingerprint density at radius 1 is 1.00 bits per heavy atom. The summed E-state index contributed by atoms with van der Waals surface area (Å²) in [6.45, 7) is 2.71. The third-order valence-electron chi connectivity index (χ3n) is 5.06. The van der Waals surface area contributed by atoms with Gasteiger partial charge < -0.3 is 19.2 Å². The van der Waals surface area contributed by atoms with Crippen LogP contribution in [0, 0.1) is 5.92 Å². The zero-order valence-corrected chi connectivity index (χ0v) is 14.4. The summed E-state index contributed by atoms with van der Waals surface area (Å²) in [5, 5.41) is 2.33. The van der Waals surface area contributed by atoms with Gasteiger partial charge in [0.25, 0.3) is 0 Å². The van der Waals surface area contributed by atoms with Gasteiger partial charge >= 0.3 is 6.03 Å². The number of carbonyl (C=O) groups excluding carboxylic acids is 3. The van der Waals surface area contributed by atoms with Crippen LogP contribution < -0.4 is 24.6 Å². The lowest BCUT2D eigenvalue weighted by Crippen LogP contribution is -2.49. The topological polar surface area (TPSA) is 88.2 Å². The highest BCUT2D eigenvalue weighted by atomic mass is 16.6. The van der Waals surface area contributed by atoms with E-state index in [4.69, 9.17) is 9.47 Å². The Morgan fingerprint density at radius 3 is 2.31 bits per heavy atom. The average molecular weight is 359 g/mol. The van der Waals surface area contributed by atoms with Crippen molar-refractivity contribution in [2.24, 2.45) is 5.92 Å². The summed E-state index contributed by atoms with van der Waals surface area (Å²) < 4.78 is 11.7. The third-order valence-corrected chi connectivity index (χ3v) is 5.06. The number of ether oxygens (including phenoxy) is 2. The Morgan fingerprint density at radius 2 is 1.65 bits per heavy atom. The Balaban J connectivity index is 1.65. The van der Waals surface area contributed by atoms with Gasteiger partial charge in [-0.2, -0.15) is 0 Å². The first-order valence-corrected chi connectivity index (χ1v) is 8.91. The molecule has 0 atom stereocenters. The third kappa shape index (κ3) is 2.95. The Hall–Kier alpha value is -2.77. The number of rotatable bonds is 3. The number of fused-ring (bicyclic) bond motifs is 1. The van der Waals surface area contributed by atoms with Gasteiger partial charge in [-0.25, -0.2) is 4.79 Å². The van der Waals surface area contributed by atoms with Gasteiger partial charge in [0.05, 0.1) is 11.4 Å². The molecule has 1 N–H and O–H groups in total. The number of hydrogen-bond acceptors (Lipinski definition) is 6. The van der Waals surface area contributed by atoms with Gasteiger partial charge in [-0.3, -0.25) is 15.0 Å². The lowest BCUT2D eigenvalue weighted by molar-refractivity contribution is -0.120. The van der Waals surface area contributed by atoms with Crippen LogP contribution in [0.25, 0.3) is 0 Å². The van der Waals surface area contributed by atoms with Crippen LogP contribution in [0.5, 0.6) is 11.5 Å². The van der Waals surface area contributed by atoms with E-state index < -0.39 is 6.03 Å². The van der Waals surface area contributed by atoms with Crippen molar-refractivity contribution in [1.82, 2.24) is 5.32 Å². The van der Waals surface area contributed by atoms with Crippen LogP contribution in [0.15, 0.2) is 12.1 Å². The minimum absolute atomic E-state index is 0.119. The number of anilines is 2. The number of aldehydes is 1. The molecule has 3 aliphatic rings. The first-order chi connectivity index (χ1) is 12.7. The molecule has 0 aliphatic carbocycles. The van der Waals surface area contributed by atoms with Gasteiger partial charge in [-0.1, -0.05) is 0 Å². The molecule has 0 aromatic heterocycles. The fraction of sp³-hybridized carbons (Fsp3) is 0.500. The molecule has 0 unspecified atom stereocenters. The summed E-state index contributed by atoms with van der Waals surface area (Å²) in [5.41, 5.74) is 1.53. The van der Waals surface area contributed by atoms with Crippen molar-refractivity contribution >= 4 is 29.6 Å². The fourth-order valence-electron chi connectivity index (χ4n) is 3.64. The molecule has 4 rings (SSSR count). The van der Waals surface area contributed by atoms with E-state index in [0.717, 1.165) is 37.9 Å². The van der Waals surface area contributed by atoms with Gasteiger partial charge in [0.2, 0.25) is 5.91 Å². The molecule has 8 nitrogen and oxygen atoms in total. The summed E-state index contributed by atoms with van der Waals surface area (Å²) in [6, 6.07) is 3.31. The first kappa shape index (κ1) is 16.7. The number of piperidine rings is 1. The lowest BCUT2D eigenvalue weighted by Gasteiger charge is -2.36. The zero-order chi connectivity index (χ0) is 18.1. The quantitative estimate of drug-likeness (QED) is 0.819. The van der Waals surface area contributed by atoms with Crippen molar-refractivity contribution in [2.45, 2.75) is 19.3 Å². The molecule has 0 radical (unpaired) electrons. The maximum absolute atomic E-state index is 12.2. The van der Waals surface area contributed by atoms with Crippen molar-refractivity contribution in [2.75, 3.05) is 42.6 Å². The molecule has 0 bridgehead atoms. The minimum atomic E-state index is -0.447. The summed E-state index contributed by atoms with van der Waals surface area (Å²) >= 11 is 0. The smallest absolute Gasteiger partial charge is 0.328 e. The standard InChI is InChI=1S/C18H21N3O5/c22-11-12-3-6-20(7-4-12)13-1-2-14(17-16(13)25-9-10-26-17)21-8-5-15(23)19-18(21)24/h1-2,11-12H,3-10H2,(H,19,23,24). The Kier molecular flexibility index (Phi) is 4.40. The predicted molar refractivity (Wildman–Crippen MR) is 93.9 cm³/mol. The molecular formula is C18H21N3O5. The molecule has 3 amide bonds. The summed E-state index contributed by atoms with van der Waals surface area (Å²) in [5.74, 6) is 1.01. The van der Waals surface area contributed by atoms with Crippen molar-refractivity contribution < 1.29 is 23.9 Å². The van der Waals surface area contributed by atoms with Crippen LogP contribution in [-0.4, -0.2) is 51.1 Å². The molecule has 3 heterocycles. The summed E-state index contributed by atoms with van der Waals surface area (Å²) in [7, 11) is 0. The largest absolute Gasteiger partial charge is 0.484 e. The molecular weight excluding hydrogens is 338 g/mol. The van der Waals surface area contributed by atoms with Gasteiger partial charge in [0, 0.05) is 32.0 Å². The van der Waals surface area contributed by atoms with Crippen molar-refractivity contribution in [1.29, 1.82) is 0 Å². The van der Waals surface area contributed by atoms with Crippen LogP contribution in [0.1, 0.15) is 19.3 Å². The summed E-state index contributed by atoms with van der Waals surface area (Å²) in [6.07, 6.45) is 2.92. The molecule has 0 spiro atoms. The van der Waals surface area contributed by atoms with E-state index in [1.807, 2.05) is 12.1 Å². The van der Waals surface area contributed by atoms with Crippen LogP contribution in [0.2, 0.25) is 0 Å². The minimum Gasteiger partial charge on any atom is -0.484 e.